The first-order valence-electron chi connectivity index (χ1n) is 9.25. The molecule has 0 heterocycles. The highest BCUT2D eigenvalue weighted by molar-refractivity contribution is 5.87. The largest absolute Gasteiger partial charge is 0.393 e. The van der Waals surface area contributed by atoms with E-state index in [2.05, 4.69) is 13.8 Å². The molecule has 4 aliphatic rings. The minimum absolute atomic E-state index is 0.145. The van der Waals surface area contributed by atoms with Crippen LogP contribution >= 0.6 is 0 Å². The van der Waals surface area contributed by atoms with Gasteiger partial charge in [-0.05, 0) is 74.0 Å². The summed E-state index contributed by atoms with van der Waals surface area (Å²) in [7, 11) is 0. The molecule has 4 aliphatic carbocycles. The van der Waals surface area contributed by atoms with Crippen LogP contribution in [-0.4, -0.2) is 28.2 Å². The van der Waals surface area contributed by atoms with Crippen molar-refractivity contribution in [3.8, 4) is 0 Å². The highest BCUT2D eigenvalue weighted by atomic mass is 16.3. The zero-order valence-corrected chi connectivity index (χ0v) is 13.9. The Labute approximate surface area is 133 Å². The van der Waals surface area contributed by atoms with E-state index in [0.29, 0.717) is 35.9 Å². The molecule has 4 rings (SSSR count). The lowest BCUT2D eigenvalue weighted by Crippen LogP contribution is -2.59. The van der Waals surface area contributed by atoms with E-state index in [1.807, 2.05) is 0 Å². The lowest BCUT2D eigenvalue weighted by Gasteiger charge is -2.61. The van der Waals surface area contributed by atoms with E-state index < -0.39 is 0 Å². The van der Waals surface area contributed by atoms with Crippen molar-refractivity contribution < 1.29 is 15.0 Å². The highest BCUT2D eigenvalue weighted by Gasteiger charge is 2.63. The molecular weight excluding hydrogens is 276 g/mol. The molecule has 0 aromatic carbocycles. The van der Waals surface area contributed by atoms with Crippen molar-refractivity contribution in [2.24, 2.45) is 34.5 Å². The molecule has 0 amide bonds. The lowest BCUT2D eigenvalue weighted by molar-refractivity contribution is -0.175. The van der Waals surface area contributed by atoms with E-state index in [4.69, 9.17) is 0 Å². The number of fused-ring (bicyclic) bond motifs is 5. The van der Waals surface area contributed by atoms with E-state index in [0.717, 1.165) is 38.5 Å². The fourth-order valence-corrected chi connectivity index (χ4v) is 7.13. The molecule has 0 aromatic heterocycles. The second kappa shape index (κ2) is 4.80. The third-order valence-electron chi connectivity index (χ3n) is 8.28. The van der Waals surface area contributed by atoms with Gasteiger partial charge in [-0.15, -0.1) is 0 Å². The molecule has 0 radical (unpaired) electrons. The van der Waals surface area contributed by atoms with Crippen LogP contribution < -0.4 is 0 Å². The first kappa shape index (κ1) is 15.1. The molecule has 2 N–H and O–H groups in total. The average Bonchev–Trinajstić information content (AvgIpc) is 2.75. The molecule has 4 saturated carbocycles. The van der Waals surface area contributed by atoms with Gasteiger partial charge in [-0.25, -0.2) is 0 Å². The van der Waals surface area contributed by atoms with Crippen LogP contribution in [0.3, 0.4) is 0 Å². The molecule has 0 unspecified atom stereocenters. The predicted octanol–water partition coefficient (Wildman–Crippen LogP) is 2.93. The summed E-state index contributed by atoms with van der Waals surface area (Å²) in [6.45, 7) is 4.48. The Morgan fingerprint density at radius 2 is 1.86 bits per heavy atom. The van der Waals surface area contributed by atoms with Gasteiger partial charge < -0.3 is 10.2 Å². The van der Waals surface area contributed by atoms with E-state index in [1.54, 1.807) is 0 Å². The first-order valence-corrected chi connectivity index (χ1v) is 9.25. The SMILES string of the molecule is C[C@@]12CC[C@@H](O)C[C@@H]1CC[C@H]1[C@H]2[C@H](O)C[C@]2(C)C(=O)CC[C@@H]12. The van der Waals surface area contributed by atoms with Crippen molar-refractivity contribution in [1.29, 1.82) is 0 Å². The van der Waals surface area contributed by atoms with Gasteiger partial charge >= 0.3 is 0 Å². The second-order valence-electron chi connectivity index (χ2n) is 9.16. The molecule has 0 spiro atoms. The van der Waals surface area contributed by atoms with Crippen molar-refractivity contribution in [2.45, 2.75) is 77.4 Å². The molecule has 0 saturated heterocycles. The van der Waals surface area contributed by atoms with Gasteiger partial charge in [-0.1, -0.05) is 13.8 Å². The summed E-state index contributed by atoms with van der Waals surface area (Å²) >= 11 is 0. The number of carbonyl (C=O) groups excluding carboxylic acids is 1. The number of aliphatic hydroxyl groups excluding tert-OH is 2. The first-order chi connectivity index (χ1) is 10.4. The van der Waals surface area contributed by atoms with Crippen LogP contribution in [0.4, 0.5) is 0 Å². The van der Waals surface area contributed by atoms with Gasteiger partial charge in [0.05, 0.1) is 12.2 Å². The van der Waals surface area contributed by atoms with Gasteiger partial charge in [0.1, 0.15) is 5.78 Å². The second-order valence-corrected chi connectivity index (χ2v) is 9.16. The molecule has 0 aromatic rings. The van der Waals surface area contributed by atoms with Crippen LogP contribution in [0.25, 0.3) is 0 Å². The van der Waals surface area contributed by atoms with Crippen LogP contribution in [-0.2, 0) is 4.79 Å². The molecule has 8 atom stereocenters. The van der Waals surface area contributed by atoms with E-state index in [9.17, 15) is 15.0 Å². The average molecular weight is 306 g/mol. The Morgan fingerprint density at radius 1 is 1.09 bits per heavy atom. The van der Waals surface area contributed by atoms with Crippen LogP contribution in [0.2, 0.25) is 0 Å². The number of aliphatic hydroxyl groups is 2. The quantitative estimate of drug-likeness (QED) is 0.723. The molecule has 3 nitrogen and oxygen atoms in total. The van der Waals surface area contributed by atoms with Crippen molar-refractivity contribution >= 4 is 5.78 Å². The van der Waals surface area contributed by atoms with Gasteiger partial charge in [0.2, 0.25) is 0 Å². The van der Waals surface area contributed by atoms with E-state index >= 15 is 0 Å². The fourth-order valence-electron chi connectivity index (χ4n) is 7.13. The van der Waals surface area contributed by atoms with Crippen molar-refractivity contribution in [1.82, 2.24) is 0 Å². The molecule has 124 valence electrons. The smallest absolute Gasteiger partial charge is 0.139 e. The van der Waals surface area contributed by atoms with E-state index in [1.165, 1.54) is 6.42 Å². The van der Waals surface area contributed by atoms with Crippen LogP contribution in [0.15, 0.2) is 0 Å². The van der Waals surface area contributed by atoms with Crippen molar-refractivity contribution in [3.63, 3.8) is 0 Å². The summed E-state index contributed by atoms with van der Waals surface area (Å²) in [4.78, 5) is 12.4. The zero-order valence-electron chi connectivity index (χ0n) is 13.9. The predicted molar refractivity (Wildman–Crippen MR) is 84.1 cm³/mol. The third-order valence-corrected chi connectivity index (χ3v) is 8.28. The zero-order chi connectivity index (χ0) is 15.7. The summed E-state index contributed by atoms with van der Waals surface area (Å²) in [5.41, 5.74) is -0.105. The Hall–Kier alpha value is -0.410. The number of ketones is 1. The topological polar surface area (TPSA) is 57.5 Å². The van der Waals surface area contributed by atoms with Crippen molar-refractivity contribution in [2.75, 3.05) is 0 Å². The minimum Gasteiger partial charge on any atom is -0.393 e. The number of hydrogen-bond donors (Lipinski definition) is 2. The molecular formula is C19H30O3. The molecule has 0 aliphatic heterocycles. The summed E-state index contributed by atoms with van der Waals surface area (Å²) in [6.07, 6.45) is 7.08. The Bertz CT molecular complexity index is 489. The number of rotatable bonds is 0. The molecule has 4 fully saturated rings. The summed E-state index contributed by atoms with van der Waals surface area (Å²) in [5, 5.41) is 21.0. The van der Waals surface area contributed by atoms with Crippen LogP contribution in [0, 0.1) is 34.5 Å². The lowest BCUT2D eigenvalue weighted by atomic mass is 9.44. The van der Waals surface area contributed by atoms with Crippen LogP contribution in [0.1, 0.15) is 65.2 Å². The summed E-state index contributed by atoms with van der Waals surface area (Å²) in [5.74, 6) is 2.27. The fraction of sp³-hybridized carbons (Fsp3) is 0.947. The summed E-state index contributed by atoms with van der Waals surface area (Å²) < 4.78 is 0. The maximum atomic E-state index is 12.4. The Morgan fingerprint density at radius 3 is 2.64 bits per heavy atom. The minimum atomic E-state index is -0.337. The number of Topliss-reactive ketones (excluding diaryl/α,β-unsaturated/α-hetero) is 1. The maximum Gasteiger partial charge on any atom is 0.139 e. The monoisotopic (exact) mass is 306 g/mol. The maximum absolute atomic E-state index is 12.4. The van der Waals surface area contributed by atoms with Crippen LogP contribution in [0.5, 0.6) is 0 Å². The third kappa shape index (κ3) is 1.84. The number of carbonyl (C=O) groups is 1. The van der Waals surface area contributed by atoms with Gasteiger partial charge in [0.25, 0.3) is 0 Å². The molecule has 3 heteroatoms. The van der Waals surface area contributed by atoms with Gasteiger partial charge in [-0.3, -0.25) is 4.79 Å². The highest BCUT2D eigenvalue weighted by Crippen LogP contribution is 2.65. The molecule has 22 heavy (non-hydrogen) atoms. The Balaban J connectivity index is 1.69. The standard InChI is InChI=1S/C19H30O3/c1-18-8-7-12(20)9-11(18)3-4-13-14-5-6-16(22)19(14,2)10-15(21)17(13)18/h11-15,17,20-21H,3-10H2,1-2H3/t11-,12+,13+,14-,15+,17-,18+,19-/m0/s1. The molecule has 0 bridgehead atoms. The van der Waals surface area contributed by atoms with Crippen molar-refractivity contribution in [3.05, 3.63) is 0 Å². The van der Waals surface area contributed by atoms with Gasteiger partial charge in [0, 0.05) is 11.8 Å². The van der Waals surface area contributed by atoms with E-state index in [-0.39, 0.29) is 23.0 Å². The van der Waals surface area contributed by atoms with Gasteiger partial charge in [0.15, 0.2) is 0 Å². The normalized spacial score (nSPS) is 57.9. The number of hydrogen-bond acceptors (Lipinski definition) is 3. The Kier molecular flexibility index (Phi) is 3.30. The van der Waals surface area contributed by atoms with Gasteiger partial charge in [-0.2, -0.15) is 0 Å². The summed E-state index contributed by atoms with van der Waals surface area (Å²) in [6, 6.07) is 0.